The SMILES string of the molecule is COc1cccc(C(=O)Nc2nccn(-c3ccc(F)cc3)c2=O)c1. The summed E-state index contributed by atoms with van der Waals surface area (Å²) >= 11 is 0. The van der Waals surface area contributed by atoms with Crippen molar-refractivity contribution in [1.82, 2.24) is 9.55 Å². The summed E-state index contributed by atoms with van der Waals surface area (Å²) in [6, 6.07) is 11.9. The zero-order valence-electron chi connectivity index (χ0n) is 13.3. The highest BCUT2D eigenvalue weighted by molar-refractivity contribution is 6.03. The smallest absolute Gasteiger partial charge is 0.298 e. The average molecular weight is 339 g/mol. The van der Waals surface area contributed by atoms with E-state index in [-0.39, 0.29) is 5.82 Å². The monoisotopic (exact) mass is 339 g/mol. The number of aromatic nitrogens is 2. The largest absolute Gasteiger partial charge is 0.497 e. The van der Waals surface area contributed by atoms with Crippen LogP contribution in [0.1, 0.15) is 10.4 Å². The fraction of sp³-hybridized carbons (Fsp3) is 0.0556. The summed E-state index contributed by atoms with van der Waals surface area (Å²) in [6.45, 7) is 0. The molecule has 0 bridgehead atoms. The third-order valence-electron chi connectivity index (χ3n) is 3.51. The van der Waals surface area contributed by atoms with Crippen molar-refractivity contribution in [3.63, 3.8) is 0 Å². The number of hydrogen-bond acceptors (Lipinski definition) is 4. The number of rotatable bonds is 4. The lowest BCUT2D eigenvalue weighted by molar-refractivity contribution is 0.102. The Labute approximate surface area is 142 Å². The molecular formula is C18H14FN3O3. The molecule has 1 heterocycles. The summed E-state index contributed by atoms with van der Waals surface area (Å²) in [5.74, 6) is -0.491. The Morgan fingerprint density at radius 2 is 1.96 bits per heavy atom. The number of ether oxygens (including phenoxy) is 1. The molecule has 6 nitrogen and oxygen atoms in total. The molecule has 0 fully saturated rings. The molecule has 1 aromatic heterocycles. The molecule has 0 unspecified atom stereocenters. The van der Waals surface area contributed by atoms with Crippen molar-refractivity contribution in [2.75, 3.05) is 12.4 Å². The topological polar surface area (TPSA) is 73.2 Å². The third-order valence-corrected chi connectivity index (χ3v) is 3.51. The summed E-state index contributed by atoms with van der Waals surface area (Å²) in [5, 5.41) is 2.49. The highest BCUT2D eigenvalue weighted by Gasteiger charge is 2.12. The molecule has 2 aromatic carbocycles. The molecule has 7 heteroatoms. The molecule has 1 N–H and O–H groups in total. The molecule has 126 valence electrons. The number of amides is 1. The summed E-state index contributed by atoms with van der Waals surface area (Å²) in [7, 11) is 1.50. The lowest BCUT2D eigenvalue weighted by atomic mass is 10.2. The van der Waals surface area contributed by atoms with Crippen molar-refractivity contribution >= 4 is 11.7 Å². The Bertz CT molecular complexity index is 968. The molecular weight excluding hydrogens is 325 g/mol. The molecule has 1 amide bonds. The molecule has 0 spiro atoms. The number of nitrogens with zero attached hydrogens (tertiary/aromatic N) is 2. The molecule has 3 rings (SSSR count). The maximum absolute atomic E-state index is 13.0. The van der Waals surface area contributed by atoms with Crippen molar-refractivity contribution < 1.29 is 13.9 Å². The first-order chi connectivity index (χ1) is 12.1. The Hall–Kier alpha value is -3.48. The van der Waals surface area contributed by atoms with Gasteiger partial charge in [0.15, 0.2) is 5.82 Å². The van der Waals surface area contributed by atoms with Gasteiger partial charge in [-0.2, -0.15) is 0 Å². The molecule has 0 atom stereocenters. The molecule has 0 saturated heterocycles. The lowest BCUT2D eigenvalue weighted by Gasteiger charge is -2.09. The van der Waals surface area contributed by atoms with E-state index in [2.05, 4.69) is 10.3 Å². The van der Waals surface area contributed by atoms with E-state index in [0.29, 0.717) is 17.0 Å². The average Bonchev–Trinajstić information content (AvgIpc) is 2.64. The van der Waals surface area contributed by atoms with Gasteiger partial charge >= 0.3 is 0 Å². The van der Waals surface area contributed by atoms with Gasteiger partial charge in [-0.05, 0) is 42.5 Å². The number of carbonyl (C=O) groups is 1. The van der Waals surface area contributed by atoms with Crippen LogP contribution in [0, 0.1) is 5.82 Å². The van der Waals surface area contributed by atoms with Crippen molar-refractivity contribution in [2.24, 2.45) is 0 Å². The molecule has 0 aliphatic rings. The van der Waals surface area contributed by atoms with E-state index < -0.39 is 17.3 Å². The van der Waals surface area contributed by atoms with Crippen LogP contribution >= 0.6 is 0 Å². The van der Waals surface area contributed by atoms with E-state index >= 15 is 0 Å². The Morgan fingerprint density at radius 3 is 2.68 bits per heavy atom. The summed E-state index contributed by atoms with van der Waals surface area (Å²) < 4.78 is 19.4. The number of benzene rings is 2. The van der Waals surface area contributed by atoms with Crippen LogP contribution < -0.4 is 15.6 Å². The number of carbonyl (C=O) groups excluding carboxylic acids is 1. The van der Waals surface area contributed by atoms with Crippen LogP contribution in [0.5, 0.6) is 5.75 Å². The number of hydrogen-bond donors (Lipinski definition) is 1. The number of methoxy groups -OCH3 is 1. The first-order valence-electron chi connectivity index (χ1n) is 7.37. The Morgan fingerprint density at radius 1 is 1.20 bits per heavy atom. The molecule has 0 aliphatic carbocycles. The molecule has 3 aromatic rings. The van der Waals surface area contributed by atoms with Crippen molar-refractivity contribution in [3.05, 3.63) is 82.7 Å². The Balaban J connectivity index is 1.90. The van der Waals surface area contributed by atoms with Gasteiger partial charge in [0.2, 0.25) is 0 Å². The van der Waals surface area contributed by atoms with Crippen LogP contribution in [0.25, 0.3) is 5.69 Å². The standard InChI is InChI=1S/C18H14FN3O3/c1-25-15-4-2-3-12(11-15)17(23)21-16-18(24)22(10-9-20-16)14-7-5-13(19)6-8-14/h2-11H,1H3,(H,20,21,23). The van der Waals surface area contributed by atoms with Crippen LogP contribution in [0.4, 0.5) is 10.2 Å². The van der Waals surface area contributed by atoms with E-state index in [1.165, 1.54) is 48.3 Å². The first-order valence-corrected chi connectivity index (χ1v) is 7.37. The minimum Gasteiger partial charge on any atom is -0.497 e. The van der Waals surface area contributed by atoms with E-state index in [0.717, 1.165) is 0 Å². The normalized spacial score (nSPS) is 10.3. The minimum atomic E-state index is -0.523. The van der Waals surface area contributed by atoms with Crippen LogP contribution in [-0.4, -0.2) is 22.6 Å². The van der Waals surface area contributed by atoms with Gasteiger partial charge in [-0.25, -0.2) is 9.37 Å². The van der Waals surface area contributed by atoms with E-state index in [1.807, 2.05) is 0 Å². The number of nitrogens with one attached hydrogen (secondary N) is 1. The molecule has 0 saturated carbocycles. The predicted molar refractivity (Wildman–Crippen MR) is 90.7 cm³/mol. The zero-order valence-corrected chi connectivity index (χ0v) is 13.3. The van der Waals surface area contributed by atoms with Crippen molar-refractivity contribution in [2.45, 2.75) is 0 Å². The quantitative estimate of drug-likeness (QED) is 0.793. The third kappa shape index (κ3) is 3.55. The summed E-state index contributed by atoms with van der Waals surface area (Å²) in [5.41, 5.74) is 0.272. The van der Waals surface area contributed by atoms with E-state index in [1.54, 1.807) is 24.3 Å². The van der Waals surface area contributed by atoms with Crippen LogP contribution in [0.3, 0.4) is 0 Å². The molecule has 25 heavy (non-hydrogen) atoms. The second kappa shape index (κ2) is 6.96. The highest BCUT2D eigenvalue weighted by atomic mass is 19.1. The second-order valence-corrected chi connectivity index (χ2v) is 5.11. The van der Waals surface area contributed by atoms with Crippen LogP contribution in [0.2, 0.25) is 0 Å². The Kier molecular flexibility index (Phi) is 4.56. The van der Waals surface area contributed by atoms with Gasteiger partial charge in [0.05, 0.1) is 7.11 Å². The maximum Gasteiger partial charge on any atom is 0.298 e. The number of anilines is 1. The van der Waals surface area contributed by atoms with Crippen LogP contribution in [-0.2, 0) is 0 Å². The molecule has 0 aliphatic heterocycles. The van der Waals surface area contributed by atoms with Gasteiger partial charge in [0.25, 0.3) is 11.5 Å². The fourth-order valence-corrected chi connectivity index (χ4v) is 2.25. The van der Waals surface area contributed by atoms with Gasteiger partial charge in [0.1, 0.15) is 11.6 Å². The van der Waals surface area contributed by atoms with E-state index in [4.69, 9.17) is 4.74 Å². The van der Waals surface area contributed by atoms with Crippen molar-refractivity contribution in [3.8, 4) is 11.4 Å². The predicted octanol–water partition coefficient (Wildman–Crippen LogP) is 2.63. The van der Waals surface area contributed by atoms with Gasteiger partial charge in [-0.3, -0.25) is 14.2 Å². The van der Waals surface area contributed by atoms with Crippen molar-refractivity contribution in [1.29, 1.82) is 0 Å². The van der Waals surface area contributed by atoms with Gasteiger partial charge in [-0.15, -0.1) is 0 Å². The molecule has 0 radical (unpaired) electrons. The van der Waals surface area contributed by atoms with Gasteiger partial charge in [-0.1, -0.05) is 6.07 Å². The minimum absolute atomic E-state index is 0.125. The maximum atomic E-state index is 13.0. The lowest BCUT2D eigenvalue weighted by Crippen LogP contribution is -2.26. The summed E-state index contributed by atoms with van der Waals surface area (Å²) in [6.07, 6.45) is 2.82. The van der Waals surface area contributed by atoms with E-state index in [9.17, 15) is 14.0 Å². The summed E-state index contributed by atoms with van der Waals surface area (Å²) in [4.78, 5) is 28.8. The number of halogens is 1. The first kappa shape index (κ1) is 16.4. The fourth-order valence-electron chi connectivity index (χ4n) is 2.25. The van der Waals surface area contributed by atoms with Gasteiger partial charge in [0, 0.05) is 23.6 Å². The zero-order chi connectivity index (χ0) is 17.8. The van der Waals surface area contributed by atoms with Crippen LogP contribution in [0.15, 0.2) is 65.7 Å². The second-order valence-electron chi connectivity index (χ2n) is 5.11. The van der Waals surface area contributed by atoms with Gasteiger partial charge < -0.3 is 10.1 Å². The highest BCUT2D eigenvalue weighted by Crippen LogP contribution is 2.13.